The fourth-order valence-corrected chi connectivity index (χ4v) is 3.06. The number of hydrogen-bond acceptors (Lipinski definition) is 3. The Kier molecular flexibility index (Phi) is 5.19. The molecule has 0 bridgehead atoms. The highest BCUT2D eigenvalue weighted by atomic mass is 16.5. The molecule has 5 nitrogen and oxygen atoms in total. The van der Waals surface area contributed by atoms with Crippen molar-refractivity contribution < 1.29 is 19.4 Å². The van der Waals surface area contributed by atoms with E-state index in [9.17, 15) is 9.59 Å². The molecular formula is C14H23NO4. The van der Waals surface area contributed by atoms with E-state index in [2.05, 4.69) is 5.32 Å². The fourth-order valence-electron chi connectivity index (χ4n) is 3.06. The molecule has 0 spiro atoms. The lowest BCUT2D eigenvalue weighted by molar-refractivity contribution is -0.144. The number of rotatable bonds is 5. The minimum Gasteiger partial charge on any atom is -0.481 e. The molecule has 19 heavy (non-hydrogen) atoms. The van der Waals surface area contributed by atoms with Crippen molar-refractivity contribution in [2.24, 2.45) is 5.92 Å². The predicted octanol–water partition coefficient (Wildman–Crippen LogP) is 1.71. The first-order chi connectivity index (χ1) is 9.16. The van der Waals surface area contributed by atoms with Crippen LogP contribution in [-0.2, 0) is 14.3 Å². The highest BCUT2D eigenvalue weighted by Gasteiger charge is 2.34. The summed E-state index contributed by atoms with van der Waals surface area (Å²) in [5.74, 6) is -1.61. The number of nitrogens with one attached hydrogen (secondary N) is 1. The van der Waals surface area contributed by atoms with Gasteiger partial charge in [-0.3, -0.25) is 9.59 Å². The number of carbonyl (C=O) groups excluding carboxylic acids is 1. The molecule has 2 atom stereocenters. The second-order valence-corrected chi connectivity index (χ2v) is 5.60. The standard InChI is InChI=1S/C14H23NO4/c16-13(17)9-11(12-7-4-8-19-12)14(18)15-10-5-2-1-3-6-10/h10-12H,1-9H2,(H,15,18)(H,16,17)/t11-,12+/m1/s1. The Morgan fingerprint density at radius 2 is 1.89 bits per heavy atom. The predicted molar refractivity (Wildman–Crippen MR) is 69.7 cm³/mol. The van der Waals surface area contributed by atoms with Gasteiger partial charge in [-0.25, -0.2) is 0 Å². The van der Waals surface area contributed by atoms with Crippen molar-refractivity contribution in [3.05, 3.63) is 0 Å². The molecule has 1 amide bonds. The molecule has 0 aromatic rings. The number of ether oxygens (including phenoxy) is 1. The molecule has 0 radical (unpaired) electrons. The van der Waals surface area contributed by atoms with Crippen LogP contribution in [0.25, 0.3) is 0 Å². The number of carboxylic acids is 1. The van der Waals surface area contributed by atoms with Crippen LogP contribution < -0.4 is 5.32 Å². The summed E-state index contributed by atoms with van der Waals surface area (Å²) in [5, 5.41) is 12.0. The lowest BCUT2D eigenvalue weighted by Gasteiger charge is -2.27. The van der Waals surface area contributed by atoms with Crippen LogP contribution in [0.15, 0.2) is 0 Å². The fraction of sp³-hybridized carbons (Fsp3) is 0.857. The van der Waals surface area contributed by atoms with Crippen molar-refractivity contribution >= 4 is 11.9 Å². The monoisotopic (exact) mass is 269 g/mol. The lowest BCUT2D eigenvalue weighted by Crippen LogP contribution is -2.44. The number of hydrogen-bond donors (Lipinski definition) is 2. The van der Waals surface area contributed by atoms with Crippen molar-refractivity contribution in [1.29, 1.82) is 0 Å². The zero-order chi connectivity index (χ0) is 13.7. The van der Waals surface area contributed by atoms with Gasteiger partial charge >= 0.3 is 5.97 Å². The summed E-state index contributed by atoms with van der Waals surface area (Å²) < 4.78 is 5.50. The molecule has 108 valence electrons. The minimum atomic E-state index is -0.931. The number of amides is 1. The lowest BCUT2D eigenvalue weighted by atomic mass is 9.92. The van der Waals surface area contributed by atoms with Gasteiger partial charge in [-0.15, -0.1) is 0 Å². The van der Waals surface area contributed by atoms with Crippen LogP contribution in [0.5, 0.6) is 0 Å². The molecule has 5 heteroatoms. The Labute approximate surface area is 113 Å². The van der Waals surface area contributed by atoms with Crippen LogP contribution in [-0.4, -0.2) is 35.7 Å². The molecule has 2 N–H and O–H groups in total. The van der Waals surface area contributed by atoms with Crippen molar-refractivity contribution in [3.63, 3.8) is 0 Å². The Morgan fingerprint density at radius 1 is 1.16 bits per heavy atom. The molecule has 0 aromatic heterocycles. The zero-order valence-electron chi connectivity index (χ0n) is 11.3. The summed E-state index contributed by atoms with van der Waals surface area (Å²) in [6, 6.07) is 0.221. The van der Waals surface area contributed by atoms with E-state index in [4.69, 9.17) is 9.84 Å². The van der Waals surface area contributed by atoms with Gasteiger partial charge in [-0.2, -0.15) is 0 Å². The second-order valence-electron chi connectivity index (χ2n) is 5.60. The first-order valence-electron chi connectivity index (χ1n) is 7.30. The summed E-state index contributed by atoms with van der Waals surface area (Å²) in [6.45, 7) is 0.636. The van der Waals surface area contributed by atoms with E-state index in [1.165, 1.54) is 6.42 Å². The summed E-state index contributed by atoms with van der Waals surface area (Å²) >= 11 is 0. The van der Waals surface area contributed by atoms with Crippen LogP contribution in [0.1, 0.15) is 51.4 Å². The molecular weight excluding hydrogens is 246 g/mol. The third-order valence-electron chi connectivity index (χ3n) is 4.10. The molecule has 1 heterocycles. The summed E-state index contributed by atoms with van der Waals surface area (Å²) in [4.78, 5) is 23.2. The zero-order valence-corrected chi connectivity index (χ0v) is 11.3. The third-order valence-corrected chi connectivity index (χ3v) is 4.10. The summed E-state index contributed by atoms with van der Waals surface area (Å²) in [7, 11) is 0. The molecule has 1 saturated heterocycles. The van der Waals surface area contributed by atoms with E-state index < -0.39 is 11.9 Å². The van der Waals surface area contributed by atoms with E-state index >= 15 is 0 Å². The number of aliphatic carboxylic acids is 1. The first-order valence-corrected chi connectivity index (χ1v) is 7.30. The van der Waals surface area contributed by atoms with Crippen molar-refractivity contribution in [2.75, 3.05) is 6.61 Å². The van der Waals surface area contributed by atoms with Crippen LogP contribution >= 0.6 is 0 Å². The van der Waals surface area contributed by atoms with Gasteiger partial charge < -0.3 is 15.2 Å². The maximum atomic E-state index is 12.3. The summed E-state index contributed by atoms with van der Waals surface area (Å²) in [5.41, 5.74) is 0. The van der Waals surface area contributed by atoms with Crippen LogP contribution in [0.2, 0.25) is 0 Å². The molecule has 2 aliphatic rings. The topological polar surface area (TPSA) is 75.6 Å². The average molecular weight is 269 g/mol. The van der Waals surface area contributed by atoms with Crippen LogP contribution in [0.4, 0.5) is 0 Å². The summed E-state index contributed by atoms with van der Waals surface area (Å²) in [6.07, 6.45) is 6.89. The van der Waals surface area contributed by atoms with Crippen LogP contribution in [0, 0.1) is 5.92 Å². The van der Waals surface area contributed by atoms with E-state index in [1.54, 1.807) is 0 Å². The number of carbonyl (C=O) groups is 2. The maximum absolute atomic E-state index is 12.3. The van der Waals surface area contributed by atoms with Gasteiger partial charge in [0, 0.05) is 12.6 Å². The highest BCUT2D eigenvalue weighted by molar-refractivity contribution is 5.84. The molecule has 2 rings (SSSR count). The van der Waals surface area contributed by atoms with Gasteiger partial charge in [0.15, 0.2) is 0 Å². The van der Waals surface area contributed by atoms with E-state index in [-0.39, 0.29) is 24.5 Å². The first kappa shape index (κ1) is 14.3. The quantitative estimate of drug-likeness (QED) is 0.796. The normalized spacial score (nSPS) is 26.0. The Hall–Kier alpha value is -1.10. The SMILES string of the molecule is O=C(O)C[C@@H](C(=O)NC1CCCCC1)[C@@H]1CCCO1. The minimum absolute atomic E-state index is 0.136. The second kappa shape index (κ2) is 6.89. The average Bonchev–Trinajstić information content (AvgIpc) is 2.90. The van der Waals surface area contributed by atoms with Crippen LogP contribution in [0.3, 0.4) is 0 Å². The highest BCUT2D eigenvalue weighted by Crippen LogP contribution is 2.24. The van der Waals surface area contributed by atoms with E-state index in [0.717, 1.165) is 38.5 Å². The number of carboxylic acid groups (broad SMARTS) is 1. The van der Waals surface area contributed by atoms with Gasteiger partial charge in [0.1, 0.15) is 0 Å². The van der Waals surface area contributed by atoms with Gasteiger partial charge in [0.05, 0.1) is 18.4 Å². The van der Waals surface area contributed by atoms with Gasteiger partial charge in [0.25, 0.3) is 0 Å². The van der Waals surface area contributed by atoms with E-state index in [0.29, 0.717) is 6.61 Å². The molecule has 1 aliphatic carbocycles. The largest absolute Gasteiger partial charge is 0.481 e. The van der Waals surface area contributed by atoms with Gasteiger partial charge in [0.2, 0.25) is 5.91 Å². The molecule has 2 fully saturated rings. The smallest absolute Gasteiger partial charge is 0.304 e. The Morgan fingerprint density at radius 3 is 2.47 bits per heavy atom. The van der Waals surface area contributed by atoms with Crippen molar-refractivity contribution in [1.82, 2.24) is 5.32 Å². The van der Waals surface area contributed by atoms with Crippen molar-refractivity contribution in [3.8, 4) is 0 Å². The molecule has 0 unspecified atom stereocenters. The maximum Gasteiger partial charge on any atom is 0.304 e. The molecule has 1 aliphatic heterocycles. The van der Waals surface area contributed by atoms with Crippen molar-refractivity contribution in [2.45, 2.75) is 63.5 Å². The third kappa shape index (κ3) is 4.20. The molecule has 1 saturated carbocycles. The Balaban J connectivity index is 1.91. The van der Waals surface area contributed by atoms with Gasteiger partial charge in [-0.1, -0.05) is 19.3 Å². The Bertz CT molecular complexity index is 319. The van der Waals surface area contributed by atoms with E-state index in [1.807, 2.05) is 0 Å². The van der Waals surface area contributed by atoms with Gasteiger partial charge in [-0.05, 0) is 25.7 Å². The molecule has 0 aromatic carbocycles.